The molecule has 2 N–H and O–H groups in total. The van der Waals surface area contributed by atoms with E-state index in [-0.39, 0.29) is 6.61 Å². The molecule has 0 aliphatic heterocycles. The third-order valence-electron chi connectivity index (χ3n) is 2.51. The second-order valence-electron chi connectivity index (χ2n) is 4.40. The molecule has 4 nitrogen and oxygen atoms in total. The highest BCUT2D eigenvalue weighted by molar-refractivity contribution is 5.06. The van der Waals surface area contributed by atoms with E-state index >= 15 is 0 Å². The molecule has 4 heteroatoms. The first kappa shape index (κ1) is 13.2. The van der Waals surface area contributed by atoms with E-state index in [1.54, 1.807) is 0 Å². The van der Waals surface area contributed by atoms with Crippen LogP contribution in [0, 0.1) is 0 Å². The summed E-state index contributed by atoms with van der Waals surface area (Å²) in [7, 11) is 4.15. The maximum absolute atomic E-state index is 8.85. The molecule has 1 atom stereocenters. The Morgan fingerprint density at radius 2 is 2.06 bits per heavy atom. The van der Waals surface area contributed by atoms with Gasteiger partial charge in [-0.2, -0.15) is 0 Å². The highest BCUT2D eigenvalue weighted by Crippen LogP contribution is 2.07. The zero-order valence-corrected chi connectivity index (χ0v) is 10.4. The summed E-state index contributed by atoms with van der Waals surface area (Å²) < 4.78 is 5.39. The Kier molecular flexibility index (Phi) is 5.52. The van der Waals surface area contributed by atoms with Crippen molar-refractivity contribution in [2.45, 2.75) is 32.5 Å². The lowest BCUT2D eigenvalue weighted by Gasteiger charge is -2.15. The molecule has 0 amide bonds. The fourth-order valence-electron chi connectivity index (χ4n) is 1.43. The van der Waals surface area contributed by atoms with Crippen LogP contribution < -0.4 is 5.32 Å². The van der Waals surface area contributed by atoms with Crippen molar-refractivity contribution in [1.29, 1.82) is 0 Å². The molecule has 0 aliphatic carbocycles. The summed E-state index contributed by atoms with van der Waals surface area (Å²) in [5.74, 6) is 1.50. The molecular formula is C12H22N2O2. The standard InChI is InChI=1S/C12H22N2O2/c1-10(6-7-14(2)3)13-8-11-4-5-12(9-15)16-11/h4-5,10,13,15H,6-9H2,1-3H3. The summed E-state index contributed by atoms with van der Waals surface area (Å²) in [6.07, 6.45) is 1.11. The number of nitrogens with one attached hydrogen (secondary N) is 1. The maximum atomic E-state index is 8.85. The molecule has 1 unspecified atom stereocenters. The maximum Gasteiger partial charge on any atom is 0.129 e. The molecule has 0 aromatic carbocycles. The predicted molar refractivity (Wildman–Crippen MR) is 64.1 cm³/mol. The quantitative estimate of drug-likeness (QED) is 0.733. The minimum absolute atomic E-state index is 0.0316. The zero-order valence-electron chi connectivity index (χ0n) is 10.4. The Bertz CT molecular complexity index is 297. The van der Waals surface area contributed by atoms with Gasteiger partial charge in [0.2, 0.25) is 0 Å². The number of aliphatic hydroxyl groups excluding tert-OH is 1. The normalized spacial score (nSPS) is 13.3. The van der Waals surface area contributed by atoms with Gasteiger partial charge in [0.05, 0.1) is 6.54 Å². The van der Waals surface area contributed by atoms with E-state index in [0.29, 0.717) is 18.3 Å². The Morgan fingerprint density at radius 1 is 1.38 bits per heavy atom. The number of aliphatic hydroxyl groups is 1. The predicted octanol–water partition coefficient (Wildman–Crippen LogP) is 1.20. The number of hydrogen-bond donors (Lipinski definition) is 2. The van der Waals surface area contributed by atoms with Crippen LogP contribution in [0.15, 0.2) is 16.5 Å². The van der Waals surface area contributed by atoms with Crippen LogP contribution in [0.2, 0.25) is 0 Å². The molecule has 0 saturated carbocycles. The Morgan fingerprint density at radius 3 is 2.62 bits per heavy atom. The molecule has 1 heterocycles. The minimum Gasteiger partial charge on any atom is -0.462 e. The lowest BCUT2D eigenvalue weighted by atomic mass is 10.2. The number of nitrogens with zero attached hydrogens (tertiary/aromatic N) is 1. The lowest BCUT2D eigenvalue weighted by Crippen LogP contribution is -2.29. The summed E-state index contributed by atoms with van der Waals surface area (Å²) in [5, 5.41) is 12.2. The van der Waals surface area contributed by atoms with E-state index in [9.17, 15) is 0 Å². The zero-order chi connectivity index (χ0) is 12.0. The molecule has 1 aromatic heterocycles. The average Bonchev–Trinajstić information content (AvgIpc) is 2.71. The van der Waals surface area contributed by atoms with Gasteiger partial charge in [-0.15, -0.1) is 0 Å². The van der Waals surface area contributed by atoms with Crippen LogP contribution in [0.3, 0.4) is 0 Å². The SMILES string of the molecule is CC(CCN(C)C)NCc1ccc(CO)o1. The summed E-state index contributed by atoms with van der Waals surface area (Å²) in [6.45, 7) is 3.93. The molecule has 92 valence electrons. The number of furan rings is 1. The summed E-state index contributed by atoms with van der Waals surface area (Å²) in [4.78, 5) is 2.18. The van der Waals surface area contributed by atoms with Gasteiger partial charge in [0, 0.05) is 6.04 Å². The van der Waals surface area contributed by atoms with Gasteiger partial charge in [-0.05, 0) is 46.1 Å². The van der Waals surface area contributed by atoms with Crippen LogP contribution in [0.5, 0.6) is 0 Å². The molecule has 0 fully saturated rings. The smallest absolute Gasteiger partial charge is 0.129 e. The number of rotatable bonds is 7. The van der Waals surface area contributed by atoms with E-state index < -0.39 is 0 Å². The van der Waals surface area contributed by atoms with Crippen molar-refractivity contribution in [3.05, 3.63) is 23.7 Å². The summed E-state index contributed by atoms with van der Waals surface area (Å²) in [6, 6.07) is 4.17. The molecule has 0 saturated heterocycles. The first-order valence-electron chi connectivity index (χ1n) is 5.68. The fraction of sp³-hybridized carbons (Fsp3) is 0.667. The Balaban J connectivity index is 2.23. The van der Waals surface area contributed by atoms with Gasteiger partial charge in [-0.3, -0.25) is 0 Å². The second kappa shape index (κ2) is 6.68. The van der Waals surface area contributed by atoms with Crippen LogP contribution in [-0.2, 0) is 13.2 Å². The minimum atomic E-state index is -0.0316. The molecular weight excluding hydrogens is 204 g/mol. The fourth-order valence-corrected chi connectivity index (χ4v) is 1.43. The van der Waals surface area contributed by atoms with E-state index in [4.69, 9.17) is 9.52 Å². The first-order valence-corrected chi connectivity index (χ1v) is 5.68. The first-order chi connectivity index (χ1) is 7.61. The van der Waals surface area contributed by atoms with Crippen molar-refractivity contribution in [2.24, 2.45) is 0 Å². The molecule has 16 heavy (non-hydrogen) atoms. The van der Waals surface area contributed by atoms with Crippen molar-refractivity contribution in [2.75, 3.05) is 20.6 Å². The lowest BCUT2D eigenvalue weighted by molar-refractivity contribution is 0.242. The average molecular weight is 226 g/mol. The largest absolute Gasteiger partial charge is 0.462 e. The van der Waals surface area contributed by atoms with E-state index in [2.05, 4.69) is 31.2 Å². The van der Waals surface area contributed by atoms with E-state index in [1.807, 2.05) is 12.1 Å². The molecule has 0 aliphatic rings. The molecule has 0 bridgehead atoms. The van der Waals surface area contributed by atoms with Gasteiger partial charge >= 0.3 is 0 Å². The van der Waals surface area contributed by atoms with Crippen molar-refractivity contribution < 1.29 is 9.52 Å². The molecule has 0 radical (unpaired) electrons. The molecule has 1 aromatic rings. The number of hydrogen-bond acceptors (Lipinski definition) is 4. The van der Waals surface area contributed by atoms with Crippen molar-refractivity contribution in [1.82, 2.24) is 10.2 Å². The van der Waals surface area contributed by atoms with Crippen LogP contribution in [0.4, 0.5) is 0 Å². The van der Waals surface area contributed by atoms with Gasteiger partial charge in [0.1, 0.15) is 18.1 Å². The van der Waals surface area contributed by atoms with Crippen molar-refractivity contribution in [3.8, 4) is 0 Å². The van der Waals surface area contributed by atoms with Crippen molar-refractivity contribution >= 4 is 0 Å². The third-order valence-corrected chi connectivity index (χ3v) is 2.51. The van der Waals surface area contributed by atoms with Crippen LogP contribution >= 0.6 is 0 Å². The summed E-state index contributed by atoms with van der Waals surface area (Å²) >= 11 is 0. The third kappa shape index (κ3) is 4.79. The topological polar surface area (TPSA) is 48.6 Å². The van der Waals surface area contributed by atoms with Gasteiger partial charge in [-0.1, -0.05) is 0 Å². The monoisotopic (exact) mass is 226 g/mol. The van der Waals surface area contributed by atoms with E-state index in [1.165, 1.54) is 0 Å². The molecule has 0 spiro atoms. The summed E-state index contributed by atoms with van der Waals surface area (Å²) in [5.41, 5.74) is 0. The van der Waals surface area contributed by atoms with Gasteiger partial charge in [-0.25, -0.2) is 0 Å². The highest BCUT2D eigenvalue weighted by Gasteiger charge is 2.05. The van der Waals surface area contributed by atoms with Crippen LogP contribution in [0.25, 0.3) is 0 Å². The van der Waals surface area contributed by atoms with Crippen molar-refractivity contribution in [3.63, 3.8) is 0 Å². The second-order valence-corrected chi connectivity index (χ2v) is 4.40. The highest BCUT2D eigenvalue weighted by atomic mass is 16.4. The van der Waals surface area contributed by atoms with Crippen LogP contribution in [0.1, 0.15) is 24.9 Å². The van der Waals surface area contributed by atoms with Gasteiger partial charge in [0.15, 0.2) is 0 Å². The Labute approximate surface area is 97.2 Å². The van der Waals surface area contributed by atoms with Crippen LogP contribution in [-0.4, -0.2) is 36.7 Å². The van der Waals surface area contributed by atoms with E-state index in [0.717, 1.165) is 18.7 Å². The van der Waals surface area contributed by atoms with Gasteiger partial charge < -0.3 is 19.7 Å². The Hall–Kier alpha value is -0.840. The van der Waals surface area contributed by atoms with Gasteiger partial charge in [0.25, 0.3) is 0 Å². The molecule has 1 rings (SSSR count).